The lowest BCUT2D eigenvalue weighted by molar-refractivity contribution is -0.132. The number of amides is 1. The minimum absolute atomic E-state index is 0.0356. The van der Waals surface area contributed by atoms with Crippen LogP contribution < -0.4 is 5.32 Å². The monoisotopic (exact) mass is 308 g/mol. The van der Waals surface area contributed by atoms with Gasteiger partial charge in [-0.25, -0.2) is 0 Å². The van der Waals surface area contributed by atoms with Gasteiger partial charge in [0.05, 0.1) is 6.04 Å². The van der Waals surface area contributed by atoms with Crippen molar-refractivity contribution in [1.82, 2.24) is 10.2 Å². The van der Waals surface area contributed by atoms with Gasteiger partial charge in [0.1, 0.15) is 6.17 Å². The molecule has 0 saturated carbocycles. The Morgan fingerprint density at radius 1 is 1.29 bits per heavy atom. The van der Waals surface area contributed by atoms with Gasteiger partial charge in [-0.15, -0.1) is 0 Å². The first-order valence-corrected chi connectivity index (χ1v) is 8.30. The van der Waals surface area contributed by atoms with Crippen molar-refractivity contribution in [3.05, 3.63) is 34.9 Å². The summed E-state index contributed by atoms with van der Waals surface area (Å²) in [4.78, 5) is 14.7. The van der Waals surface area contributed by atoms with E-state index in [0.29, 0.717) is 0 Å². The van der Waals surface area contributed by atoms with Crippen molar-refractivity contribution < 1.29 is 4.79 Å². The average molecular weight is 309 g/mol. The molecule has 3 atom stereocenters. The molecule has 116 valence electrons. The molecule has 0 spiro atoms. The fraction of sp³-hybridized carbons (Fsp3) is 0.588. The molecular weight excluding hydrogens is 284 g/mol. The van der Waals surface area contributed by atoms with Crippen LogP contribution in [0.15, 0.2) is 24.3 Å². The Balaban J connectivity index is 2.23. The summed E-state index contributed by atoms with van der Waals surface area (Å²) >= 11 is 5.97. The summed E-state index contributed by atoms with van der Waals surface area (Å²) in [5.41, 5.74) is 1.10. The quantitative estimate of drug-likeness (QED) is 0.857. The highest BCUT2D eigenvalue weighted by atomic mass is 35.5. The Morgan fingerprint density at radius 2 is 1.95 bits per heavy atom. The van der Waals surface area contributed by atoms with Crippen molar-refractivity contribution in [1.29, 1.82) is 0 Å². The normalized spacial score (nSPS) is 23.6. The Hall–Kier alpha value is -1.06. The third-order valence-corrected chi connectivity index (χ3v) is 4.49. The van der Waals surface area contributed by atoms with Gasteiger partial charge in [-0.2, -0.15) is 0 Å². The fourth-order valence-electron chi connectivity index (χ4n) is 2.95. The number of benzene rings is 1. The van der Waals surface area contributed by atoms with Crippen LogP contribution in [0, 0.1) is 0 Å². The molecule has 1 N–H and O–H groups in total. The molecule has 0 aliphatic carbocycles. The molecule has 1 heterocycles. The molecule has 1 amide bonds. The summed E-state index contributed by atoms with van der Waals surface area (Å²) < 4.78 is 0. The van der Waals surface area contributed by atoms with Crippen LogP contribution in [-0.4, -0.2) is 22.9 Å². The summed E-state index contributed by atoms with van der Waals surface area (Å²) in [5.74, 6) is 0.223. The van der Waals surface area contributed by atoms with Crippen molar-refractivity contribution in [3.63, 3.8) is 0 Å². The number of nitrogens with one attached hydrogen (secondary N) is 1. The van der Waals surface area contributed by atoms with Gasteiger partial charge in [0.15, 0.2) is 0 Å². The van der Waals surface area contributed by atoms with Crippen LogP contribution in [0.25, 0.3) is 0 Å². The molecule has 3 unspecified atom stereocenters. The maximum atomic E-state index is 12.6. The predicted octanol–water partition coefficient (Wildman–Crippen LogP) is 4.13. The number of hydrogen-bond donors (Lipinski definition) is 1. The van der Waals surface area contributed by atoms with E-state index in [2.05, 4.69) is 26.1 Å². The standard InChI is InChI=1S/C17H25ClN2O/c1-4-6-7-12(3)20-16(19-15(5-2)17(20)21)13-8-10-14(18)11-9-13/h8-12,15-16,19H,4-7H2,1-3H3. The second-order valence-corrected chi connectivity index (χ2v) is 6.25. The van der Waals surface area contributed by atoms with Gasteiger partial charge in [0.25, 0.3) is 0 Å². The van der Waals surface area contributed by atoms with E-state index in [4.69, 9.17) is 11.6 Å². The smallest absolute Gasteiger partial charge is 0.241 e. The summed E-state index contributed by atoms with van der Waals surface area (Å²) in [6.45, 7) is 6.38. The number of hydrogen-bond acceptors (Lipinski definition) is 2. The zero-order valence-electron chi connectivity index (χ0n) is 13.1. The van der Waals surface area contributed by atoms with Gasteiger partial charge >= 0.3 is 0 Å². The molecule has 1 aromatic carbocycles. The summed E-state index contributed by atoms with van der Waals surface area (Å²) in [7, 11) is 0. The molecule has 1 aliphatic heterocycles. The average Bonchev–Trinajstić information content (AvgIpc) is 2.82. The molecule has 4 heteroatoms. The summed E-state index contributed by atoms with van der Waals surface area (Å²) in [6.07, 6.45) is 4.13. The van der Waals surface area contributed by atoms with E-state index in [1.807, 2.05) is 29.2 Å². The van der Waals surface area contributed by atoms with Crippen LogP contribution in [0.1, 0.15) is 58.2 Å². The van der Waals surface area contributed by atoms with E-state index in [0.717, 1.165) is 36.3 Å². The molecule has 0 radical (unpaired) electrons. The van der Waals surface area contributed by atoms with Crippen LogP contribution in [-0.2, 0) is 4.79 Å². The van der Waals surface area contributed by atoms with E-state index in [-0.39, 0.29) is 24.2 Å². The first-order valence-electron chi connectivity index (χ1n) is 7.92. The molecule has 3 nitrogen and oxygen atoms in total. The molecule has 0 bridgehead atoms. The molecular formula is C17H25ClN2O. The van der Waals surface area contributed by atoms with Crippen LogP contribution in [0.2, 0.25) is 5.02 Å². The number of nitrogens with zero attached hydrogens (tertiary/aromatic N) is 1. The SMILES string of the molecule is CCCCC(C)N1C(=O)C(CC)NC1c1ccc(Cl)cc1. The van der Waals surface area contributed by atoms with Crippen LogP contribution in [0.4, 0.5) is 0 Å². The number of halogens is 1. The third kappa shape index (κ3) is 3.58. The number of rotatable bonds is 6. The van der Waals surface area contributed by atoms with E-state index >= 15 is 0 Å². The first-order chi connectivity index (χ1) is 10.1. The lowest BCUT2D eigenvalue weighted by Gasteiger charge is -2.30. The van der Waals surface area contributed by atoms with Gasteiger partial charge in [-0.1, -0.05) is 50.4 Å². The minimum Gasteiger partial charge on any atom is -0.319 e. The highest BCUT2D eigenvalue weighted by Gasteiger charge is 2.40. The molecule has 2 rings (SSSR count). The fourth-order valence-corrected chi connectivity index (χ4v) is 3.08. The Kier molecular flexibility index (Phi) is 5.65. The Morgan fingerprint density at radius 3 is 2.52 bits per heavy atom. The summed E-state index contributed by atoms with van der Waals surface area (Å²) in [5, 5.41) is 4.19. The van der Waals surface area contributed by atoms with Crippen molar-refractivity contribution in [2.45, 2.75) is 64.7 Å². The van der Waals surface area contributed by atoms with E-state index in [9.17, 15) is 4.79 Å². The van der Waals surface area contributed by atoms with Crippen molar-refractivity contribution in [2.24, 2.45) is 0 Å². The largest absolute Gasteiger partial charge is 0.319 e. The minimum atomic E-state index is -0.0743. The van der Waals surface area contributed by atoms with Gasteiger partial charge in [0.2, 0.25) is 5.91 Å². The number of carbonyl (C=O) groups is 1. The van der Waals surface area contributed by atoms with Gasteiger partial charge < -0.3 is 4.90 Å². The topological polar surface area (TPSA) is 32.3 Å². The Bertz CT molecular complexity index is 474. The molecule has 1 saturated heterocycles. The highest BCUT2D eigenvalue weighted by molar-refractivity contribution is 6.30. The number of unbranched alkanes of at least 4 members (excludes halogenated alkanes) is 1. The first kappa shape index (κ1) is 16.3. The lowest BCUT2D eigenvalue weighted by Crippen LogP contribution is -2.38. The van der Waals surface area contributed by atoms with E-state index in [1.165, 1.54) is 0 Å². The molecule has 1 fully saturated rings. The Labute approximate surface area is 132 Å². The van der Waals surface area contributed by atoms with Crippen LogP contribution >= 0.6 is 11.6 Å². The predicted molar refractivity (Wildman–Crippen MR) is 87.2 cm³/mol. The molecule has 1 aromatic rings. The zero-order valence-corrected chi connectivity index (χ0v) is 13.9. The number of carbonyl (C=O) groups excluding carboxylic acids is 1. The van der Waals surface area contributed by atoms with Crippen molar-refractivity contribution in [3.8, 4) is 0 Å². The zero-order chi connectivity index (χ0) is 15.4. The van der Waals surface area contributed by atoms with E-state index in [1.54, 1.807) is 0 Å². The van der Waals surface area contributed by atoms with Gasteiger partial charge in [0, 0.05) is 11.1 Å². The van der Waals surface area contributed by atoms with E-state index < -0.39 is 0 Å². The van der Waals surface area contributed by atoms with Gasteiger partial charge in [-0.3, -0.25) is 10.1 Å². The molecule has 1 aliphatic rings. The maximum absolute atomic E-state index is 12.6. The van der Waals surface area contributed by atoms with Crippen LogP contribution in [0.5, 0.6) is 0 Å². The highest BCUT2D eigenvalue weighted by Crippen LogP contribution is 2.30. The lowest BCUT2D eigenvalue weighted by atomic mass is 10.1. The molecule has 0 aromatic heterocycles. The van der Waals surface area contributed by atoms with Gasteiger partial charge in [-0.05, 0) is 37.5 Å². The maximum Gasteiger partial charge on any atom is 0.241 e. The molecule has 21 heavy (non-hydrogen) atoms. The second kappa shape index (κ2) is 7.28. The summed E-state index contributed by atoms with van der Waals surface area (Å²) in [6, 6.07) is 7.96. The van der Waals surface area contributed by atoms with Crippen molar-refractivity contribution >= 4 is 17.5 Å². The second-order valence-electron chi connectivity index (χ2n) is 5.82. The van der Waals surface area contributed by atoms with Crippen LogP contribution in [0.3, 0.4) is 0 Å². The van der Waals surface area contributed by atoms with Crippen molar-refractivity contribution in [2.75, 3.05) is 0 Å². The third-order valence-electron chi connectivity index (χ3n) is 4.23.